The summed E-state index contributed by atoms with van der Waals surface area (Å²) in [6.07, 6.45) is 46.3. The lowest BCUT2D eigenvalue weighted by molar-refractivity contribution is -0.883. The SMILES string of the molecule is O=C(O)CCCCCNCCCCCCCCCCCCCCCCCCCCCCCCCCCCCCCCCCOOOOOOOOOOOOOOOO. The highest BCUT2D eigenvalue weighted by molar-refractivity contribution is 5.66. The molecular formula is C40H81NO18. The van der Waals surface area contributed by atoms with E-state index in [9.17, 15) is 4.79 Å². The summed E-state index contributed by atoms with van der Waals surface area (Å²) in [5.41, 5.74) is 0. The quantitative estimate of drug-likeness (QED) is 0.0295. The average Bonchev–Trinajstić information content (AvgIpc) is 3.23. The maximum absolute atomic E-state index is 10.5. The first kappa shape index (κ1) is 57.8. The van der Waals surface area contributed by atoms with Crippen molar-refractivity contribution in [2.75, 3.05) is 19.7 Å². The highest BCUT2D eigenvalue weighted by Gasteiger charge is 2.01. The first-order chi connectivity index (χ1) is 29.3. The zero-order valence-electron chi connectivity index (χ0n) is 36.0. The number of carbonyl (C=O) groups is 1. The van der Waals surface area contributed by atoms with E-state index >= 15 is 0 Å². The van der Waals surface area contributed by atoms with E-state index in [2.05, 4.69) is 75.9 Å². The van der Waals surface area contributed by atoms with Gasteiger partial charge in [0.25, 0.3) is 0 Å². The summed E-state index contributed by atoms with van der Waals surface area (Å²) in [7, 11) is 0. The summed E-state index contributed by atoms with van der Waals surface area (Å²) in [5, 5.41) is 70.9. The molecule has 0 saturated carbocycles. The van der Waals surface area contributed by atoms with Crippen LogP contribution >= 0.6 is 0 Å². The Bertz CT molecular complexity index is 779. The first-order valence-corrected chi connectivity index (χ1v) is 22.8. The number of hydrogen-bond donors (Lipinski definition) is 3. The number of hydrogen-bond acceptors (Lipinski definition) is 18. The van der Waals surface area contributed by atoms with Crippen LogP contribution in [0.2, 0.25) is 0 Å². The maximum atomic E-state index is 10.5. The molecule has 354 valence electrons. The van der Waals surface area contributed by atoms with Crippen LogP contribution in [-0.2, 0) is 80.2 Å². The van der Waals surface area contributed by atoms with E-state index in [1.54, 1.807) is 0 Å². The Morgan fingerprint density at radius 3 is 0.831 bits per heavy atom. The van der Waals surface area contributed by atoms with Crippen LogP contribution in [0, 0.1) is 0 Å². The summed E-state index contributed by atoms with van der Waals surface area (Å²) in [5.74, 6) is -0.680. The number of rotatable bonds is 55. The molecule has 59 heavy (non-hydrogen) atoms. The van der Waals surface area contributed by atoms with Crippen molar-refractivity contribution in [3.05, 3.63) is 0 Å². The van der Waals surface area contributed by atoms with Crippen molar-refractivity contribution in [1.82, 2.24) is 5.32 Å². The van der Waals surface area contributed by atoms with E-state index in [1.807, 2.05) is 0 Å². The molecule has 0 aliphatic heterocycles. The van der Waals surface area contributed by atoms with Crippen molar-refractivity contribution in [2.24, 2.45) is 0 Å². The van der Waals surface area contributed by atoms with Gasteiger partial charge in [-0.25, -0.2) is 10.1 Å². The van der Waals surface area contributed by atoms with Crippen LogP contribution in [0.15, 0.2) is 0 Å². The van der Waals surface area contributed by atoms with Crippen molar-refractivity contribution < 1.29 is 90.6 Å². The summed E-state index contributed by atoms with van der Waals surface area (Å²) in [6, 6.07) is 0. The van der Waals surface area contributed by atoms with Crippen LogP contribution in [0.5, 0.6) is 0 Å². The lowest BCUT2D eigenvalue weighted by Gasteiger charge is -2.05. The van der Waals surface area contributed by atoms with Gasteiger partial charge in [0.05, 0.1) is 6.61 Å². The minimum Gasteiger partial charge on any atom is -0.481 e. The third-order valence-electron chi connectivity index (χ3n) is 9.99. The van der Waals surface area contributed by atoms with Crippen LogP contribution in [0.3, 0.4) is 0 Å². The number of carboxylic acids is 1. The smallest absolute Gasteiger partial charge is 0.303 e. The van der Waals surface area contributed by atoms with Gasteiger partial charge in [-0.2, -0.15) is 0 Å². The predicted octanol–water partition coefficient (Wildman–Crippen LogP) is 12.2. The van der Waals surface area contributed by atoms with Crippen molar-refractivity contribution in [1.29, 1.82) is 0 Å². The van der Waals surface area contributed by atoms with Crippen molar-refractivity contribution in [2.45, 2.75) is 231 Å². The van der Waals surface area contributed by atoms with Gasteiger partial charge in [-0.3, -0.25) is 4.79 Å². The molecule has 0 bridgehead atoms. The van der Waals surface area contributed by atoms with Gasteiger partial charge in [0.2, 0.25) is 0 Å². The second-order valence-corrected chi connectivity index (χ2v) is 15.0. The van der Waals surface area contributed by atoms with Gasteiger partial charge in [0, 0.05) is 6.42 Å². The molecule has 19 heteroatoms. The molecule has 0 saturated heterocycles. The van der Waals surface area contributed by atoms with Crippen LogP contribution in [0.1, 0.15) is 231 Å². The van der Waals surface area contributed by atoms with Crippen LogP contribution in [-0.4, -0.2) is 36.0 Å². The van der Waals surface area contributed by atoms with Crippen LogP contribution < -0.4 is 5.32 Å². The summed E-state index contributed by atoms with van der Waals surface area (Å²) in [6.45, 7) is 2.44. The fourth-order valence-corrected chi connectivity index (χ4v) is 6.73. The lowest BCUT2D eigenvalue weighted by Crippen LogP contribution is -2.16. The van der Waals surface area contributed by atoms with Crippen molar-refractivity contribution in [3.63, 3.8) is 0 Å². The molecule has 0 aliphatic carbocycles. The van der Waals surface area contributed by atoms with E-state index in [0.29, 0.717) is 13.0 Å². The van der Waals surface area contributed by atoms with Gasteiger partial charge in [-0.15, -0.1) is 0 Å². The fourth-order valence-electron chi connectivity index (χ4n) is 6.73. The highest BCUT2D eigenvalue weighted by atomic mass is 18.0. The molecule has 0 amide bonds. The Morgan fingerprint density at radius 1 is 0.305 bits per heavy atom. The molecule has 0 aromatic carbocycles. The van der Waals surface area contributed by atoms with Gasteiger partial charge in [-0.1, -0.05) is 199 Å². The Hall–Kier alpha value is -1.21. The zero-order valence-corrected chi connectivity index (χ0v) is 36.0. The molecule has 0 fully saturated rings. The standard InChI is InChI=1S/C40H81NO18/c42-40(43)36-32-31-34-38-41-37-33-29-27-25-23-21-19-17-15-13-11-9-7-5-3-1-2-4-6-8-10-12-14-16-18-20-22-24-26-28-30-35-39-45-47-49-51-53-55-57-59-58-56-54-52-50-48-46-44/h41,44H,1-39H2,(H,42,43). The van der Waals surface area contributed by atoms with Gasteiger partial charge < -0.3 is 10.4 Å². The Morgan fingerprint density at radius 2 is 0.542 bits per heavy atom. The minimum absolute atomic E-state index is 0.305. The van der Waals surface area contributed by atoms with Gasteiger partial charge in [0.15, 0.2) is 0 Å². The van der Waals surface area contributed by atoms with Crippen molar-refractivity contribution >= 4 is 5.97 Å². The largest absolute Gasteiger partial charge is 0.481 e. The third-order valence-corrected chi connectivity index (χ3v) is 9.99. The lowest BCUT2D eigenvalue weighted by atomic mass is 10.0. The summed E-state index contributed by atoms with van der Waals surface area (Å²) < 4.78 is 0. The summed E-state index contributed by atoms with van der Waals surface area (Å²) in [4.78, 5) is 15.2. The van der Waals surface area contributed by atoms with Gasteiger partial charge in [-0.05, 0) is 109 Å². The zero-order chi connectivity index (χ0) is 42.5. The number of aliphatic carboxylic acids is 1. The molecule has 3 N–H and O–H groups in total. The Balaban J connectivity index is 3.06. The fraction of sp³-hybridized carbons (Fsp3) is 0.975. The van der Waals surface area contributed by atoms with Gasteiger partial charge >= 0.3 is 5.97 Å². The number of carboxylic acid groups (broad SMARTS) is 1. The monoisotopic (exact) mass is 864 g/mol. The van der Waals surface area contributed by atoms with Crippen LogP contribution in [0.25, 0.3) is 0 Å². The highest BCUT2D eigenvalue weighted by Crippen LogP contribution is 2.17. The van der Waals surface area contributed by atoms with E-state index in [-0.39, 0.29) is 0 Å². The topological polar surface area (TPSA) is 208 Å². The molecule has 0 aromatic heterocycles. The number of unbranched alkanes of at least 4 members (excludes halogenated alkanes) is 33. The normalized spacial score (nSPS) is 11.6. The molecule has 0 radical (unpaired) electrons. The summed E-state index contributed by atoms with van der Waals surface area (Å²) >= 11 is 0. The third kappa shape index (κ3) is 56.8. The van der Waals surface area contributed by atoms with E-state index in [0.717, 1.165) is 51.6 Å². The molecule has 0 rings (SSSR count). The molecular weight excluding hydrogens is 782 g/mol. The second kappa shape index (κ2) is 54.8. The van der Waals surface area contributed by atoms with E-state index in [4.69, 9.17) is 15.3 Å². The molecule has 0 atom stereocenters. The second-order valence-electron chi connectivity index (χ2n) is 15.0. The molecule has 0 spiro atoms. The van der Waals surface area contributed by atoms with E-state index in [1.165, 1.54) is 186 Å². The molecule has 0 unspecified atom stereocenters. The van der Waals surface area contributed by atoms with Gasteiger partial charge in [0.1, 0.15) is 0 Å². The molecule has 0 heterocycles. The number of nitrogens with one attached hydrogen (secondary N) is 1. The van der Waals surface area contributed by atoms with E-state index < -0.39 is 5.97 Å². The molecule has 0 aromatic rings. The average molecular weight is 864 g/mol. The Labute approximate surface area is 352 Å². The minimum atomic E-state index is -0.680. The Kier molecular flexibility index (Phi) is 53.7. The van der Waals surface area contributed by atoms with Crippen molar-refractivity contribution in [3.8, 4) is 0 Å². The maximum Gasteiger partial charge on any atom is 0.303 e. The van der Waals surface area contributed by atoms with Crippen LogP contribution in [0.4, 0.5) is 0 Å². The molecule has 0 aliphatic rings. The predicted molar refractivity (Wildman–Crippen MR) is 210 cm³/mol. The molecule has 19 nitrogen and oxygen atoms in total. The first-order valence-electron chi connectivity index (χ1n) is 22.8.